The van der Waals surface area contributed by atoms with Crippen molar-refractivity contribution in [1.82, 2.24) is 10.0 Å². The van der Waals surface area contributed by atoms with E-state index < -0.39 is 62.4 Å². The molecule has 1 aliphatic rings. The van der Waals surface area contributed by atoms with Crippen LogP contribution in [0.1, 0.15) is 41.4 Å². The number of carbonyl (C=O) groups excluding carboxylic acids is 4. The summed E-state index contributed by atoms with van der Waals surface area (Å²) in [5.41, 5.74) is -2.65. The Labute approximate surface area is 206 Å². The normalized spacial score (nSPS) is 12.3. The average molecular weight is 509 g/mol. The van der Waals surface area contributed by atoms with Gasteiger partial charge in [0.05, 0.1) is 15.4 Å². The molecule has 0 aromatic heterocycles. The Morgan fingerprint density at radius 1 is 0.833 bits per heavy atom. The molecule has 0 saturated carbocycles. The zero-order valence-electron chi connectivity index (χ0n) is 18.0. The number of carbonyl (C=O) groups is 4. The van der Waals surface area contributed by atoms with Crippen molar-refractivity contribution in [2.45, 2.75) is 0 Å². The molecule has 3 amide bonds. The molecule has 4 rings (SSSR count). The molecule has 1 heterocycles. The molecule has 12 nitrogen and oxygen atoms in total. The number of amides is 3. The molecular formula is C23H13ClN4O8. The van der Waals surface area contributed by atoms with Gasteiger partial charge < -0.3 is 0 Å². The van der Waals surface area contributed by atoms with Crippen molar-refractivity contribution in [2.75, 3.05) is 6.54 Å². The highest BCUT2D eigenvalue weighted by atomic mass is 35.5. The maximum absolute atomic E-state index is 13.5. The van der Waals surface area contributed by atoms with E-state index in [2.05, 4.69) is 0 Å². The van der Waals surface area contributed by atoms with Crippen LogP contribution in [0.2, 0.25) is 5.02 Å². The van der Waals surface area contributed by atoms with Gasteiger partial charge in [0.2, 0.25) is 0 Å². The summed E-state index contributed by atoms with van der Waals surface area (Å²) in [5.74, 6) is -4.26. The molecule has 0 unspecified atom stereocenters. The zero-order chi connectivity index (χ0) is 26.1. The maximum Gasteiger partial charge on any atom is 0.287 e. The van der Waals surface area contributed by atoms with Gasteiger partial charge in [0.1, 0.15) is 17.7 Å². The molecule has 0 fully saturated rings. The van der Waals surface area contributed by atoms with E-state index in [1.165, 1.54) is 42.5 Å². The molecule has 3 aromatic carbocycles. The van der Waals surface area contributed by atoms with Crippen molar-refractivity contribution in [3.63, 3.8) is 0 Å². The first-order valence-electron chi connectivity index (χ1n) is 10.1. The number of nitrogens with zero attached hydrogens (tertiary/aromatic N) is 4. The van der Waals surface area contributed by atoms with E-state index in [0.717, 1.165) is 24.3 Å². The van der Waals surface area contributed by atoms with Crippen LogP contribution in [0.25, 0.3) is 0 Å². The quantitative estimate of drug-likeness (QED) is 0.202. The molecule has 180 valence electrons. The van der Waals surface area contributed by atoms with Gasteiger partial charge in [0.25, 0.3) is 29.1 Å². The number of ketones is 1. The van der Waals surface area contributed by atoms with Gasteiger partial charge in [0, 0.05) is 22.7 Å². The predicted octanol–water partition coefficient (Wildman–Crippen LogP) is 3.69. The lowest BCUT2D eigenvalue weighted by Crippen LogP contribution is -2.51. The van der Waals surface area contributed by atoms with Crippen molar-refractivity contribution in [1.29, 1.82) is 0 Å². The van der Waals surface area contributed by atoms with Gasteiger partial charge in [-0.1, -0.05) is 29.8 Å². The third-order valence-electron chi connectivity index (χ3n) is 5.33. The van der Waals surface area contributed by atoms with Gasteiger partial charge in [-0.2, -0.15) is 5.01 Å². The highest BCUT2D eigenvalue weighted by molar-refractivity contribution is 6.30. The number of para-hydroxylation sites is 1. The number of hydrogen-bond donors (Lipinski definition) is 0. The van der Waals surface area contributed by atoms with Gasteiger partial charge in [-0.3, -0.25) is 39.4 Å². The lowest BCUT2D eigenvalue weighted by atomic mass is 10.1. The van der Waals surface area contributed by atoms with Gasteiger partial charge >= 0.3 is 0 Å². The number of halogens is 1. The number of hydrogen-bond acceptors (Lipinski definition) is 8. The van der Waals surface area contributed by atoms with E-state index in [9.17, 15) is 39.4 Å². The number of Topliss-reactive ketones (excluding diaryl/α,β-unsaturated/α-hetero) is 1. The van der Waals surface area contributed by atoms with Crippen molar-refractivity contribution < 1.29 is 29.0 Å². The number of rotatable bonds is 7. The van der Waals surface area contributed by atoms with Crippen LogP contribution in [0.5, 0.6) is 0 Å². The first-order valence-corrected chi connectivity index (χ1v) is 10.5. The minimum absolute atomic E-state index is 0.0716. The molecule has 13 heteroatoms. The number of benzene rings is 3. The van der Waals surface area contributed by atoms with Crippen LogP contribution < -0.4 is 0 Å². The minimum Gasteiger partial charge on any atom is -0.292 e. The summed E-state index contributed by atoms with van der Waals surface area (Å²) in [5, 5.41) is 24.0. The average Bonchev–Trinajstić information content (AvgIpc) is 3.12. The molecule has 0 N–H and O–H groups in total. The van der Waals surface area contributed by atoms with E-state index >= 15 is 0 Å². The Bertz CT molecular complexity index is 1470. The summed E-state index contributed by atoms with van der Waals surface area (Å²) in [7, 11) is 0. The second kappa shape index (κ2) is 9.35. The van der Waals surface area contributed by atoms with Gasteiger partial charge in [-0.15, -0.1) is 0 Å². The van der Waals surface area contributed by atoms with E-state index in [0.29, 0.717) is 15.0 Å². The number of fused-ring (bicyclic) bond motifs is 1. The third-order valence-corrected chi connectivity index (χ3v) is 5.59. The number of nitro groups is 2. The Hall–Kier alpha value is -4.97. The van der Waals surface area contributed by atoms with E-state index in [1.54, 1.807) is 0 Å². The largest absolute Gasteiger partial charge is 0.292 e. The van der Waals surface area contributed by atoms with E-state index in [4.69, 9.17) is 11.6 Å². The summed E-state index contributed by atoms with van der Waals surface area (Å²) < 4.78 is 0. The summed E-state index contributed by atoms with van der Waals surface area (Å²) in [4.78, 5) is 74.2. The zero-order valence-corrected chi connectivity index (χ0v) is 18.7. The van der Waals surface area contributed by atoms with E-state index in [-0.39, 0.29) is 11.1 Å². The summed E-state index contributed by atoms with van der Waals surface area (Å²) in [6.45, 7) is -0.883. The second-order valence-electron chi connectivity index (χ2n) is 7.45. The molecule has 0 saturated heterocycles. The van der Waals surface area contributed by atoms with Crippen LogP contribution in [-0.2, 0) is 0 Å². The summed E-state index contributed by atoms with van der Waals surface area (Å²) in [6.07, 6.45) is 0. The fourth-order valence-corrected chi connectivity index (χ4v) is 3.80. The highest BCUT2D eigenvalue weighted by Crippen LogP contribution is 2.33. The van der Waals surface area contributed by atoms with Crippen molar-refractivity contribution in [3.05, 3.63) is 114 Å². The number of imide groups is 1. The molecule has 36 heavy (non-hydrogen) atoms. The van der Waals surface area contributed by atoms with Crippen molar-refractivity contribution in [2.24, 2.45) is 0 Å². The summed E-state index contributed by atoms with van der Waals surface area (Å²) >= 11 is 5.84. The van der Waals surface area contributed by atoms with Crippen LogP contribution in [0.4, 0.5) is 11.4 Å². The Balaban J connectivity index is 1.83. The molecule has 0 aliphatic carbocycles. The standard InChI is InChI=1S/C23H13ClN4O8/c24-14-10-8-13(9-11-14)19(29)12-25(21(30)15-4-1-2-6-17(15)27(33)34)26-22(31)16-5-3-7-18(28(35)36)20(16)23(26)32/h1-11H,12H2. The van der Waals surface area contributed by atoms with Gasteiger partial charge in [-0.05, 0) is 36.4 Å². The first kappa shape index (κ1) is 24.2. The molecule has 0 spiro atoms. The van der Waals surface area contributed by atoms with Crippen molar-refractivity contribution >= 4 is 46.5 Å². The maximum atomic E-state index is 13.5. The lowest BCUT2D eigenvalue weighted by molar-refractivity contribution is -0.385. The highest BCUT2D eigenvalue weighted by Gasteiger charge is 2.46. The van der Waals surface area contributed by atoms with Crippen LogP contribution in [-0.4, -0.2) is 49.9 Å². The number of hydrazine groups is 1. The van der Waals surface area contributed by atoms with Crippen LogP contribution in [0, 0.1) is 20.2 Å². The molecule has 0 atom stereocenters. The van der Waals surface area contributed by atoms with Crippen LogP contribution in [0.15, 0.2) is 66.7 Å². The lowest BCUT2D eigenvalue weighted by Gasteiger charge is -2.29. The Morgan fingerprint density at radius 3 is 2.08 bits per heavy atom. The number of nitro benzene ring substituents is 2. The SMILES string of the molecule is O=C(CN(C(=O)c1ccccc1[N+](=O)[O-])N1C(=O)c2cccc([N+](=O)[O-])c2C1=O)c1ccc(Cl)cc1. The molecule has 0 radical (unpaired) electrons. The second-order valence-corrected chi connectivity index (χ2v) is 7.88. The summed E-state index contributed by atoms with van der Waals surface area (Å²) in [6, 6.07) is 13.7. The fraction of sp³-hybridized carbons (Fsp3) is 0.0435. The van der Waals surface area contributed by atoms with Gasteiger partial charge in [0.15, 0.2) is 5.78 Å². The molecular weight excluding hydrogens is 496 g/mol. The first-order chi connectivity index (χ1) is 17.1. The van der Waals surface area contributed by atoms with Gasteiger partial charge in [-0.25, -0.2) is 5.01 Å². The van der Waals surface area contributed by atoms with Crippen LogP contribution in [0.3, 0.4) is 0 Å². The van der Waals surface area contributed by atoms with E-state index in [1.807, 2.05) is 0 Å². The fourth-order valence-electron chi connectivity index (χ4n) is 3.68. The Morgan fingerprint density at radius 2 is 1.44 bits per heavy atom. The predicted molar refractivity (Wildman–Crippen MR) is 124 cm³/mol. The molecule has 1 aliphatic heterocycles. The topological polar surface area (TPSA) is 161 Å². The molecule has 0 bridgehead atoms. The minimum atomic E-state index is -1.22. The Kier molecular flexibility index (Phi) is 6.27. The van der Waals surface area contributed by atoms with Crippen molar-refractivity contribution in [3.8, 4) is 0 Å². The molecule has 3 aromatic rings. The monoisotopic (exact) mass is 508 g/mol. The smallest absolute Gasteiger partial charge is 0.287 e. The third kappa shape index (κ3) is 4.16. The van der Waals surface area contributed by atoms with Crippen LogP contribution >= 0.6 is 11.6 Å².